The van der Waals surface area contributed by atoms with Gasteiger partial charge in [-0.25, -0.2) is 0 Å². The second-order valence-electron chi connectivity index (χ2n) is 45.8. The largest absolute Gasteiger partial charge is 0.404 e. The van der Waals surface area contributed by atoms with Gasteiger partial charge in [0.1, 0.15) is 0 Å². The Hall–Kier alpha value is -3.98. The minimum atomic E-state index is -2.66. The van der Waals surface area contributed by atoms with E-state index in [4.69, 9.17) is 0 Å². The summed E-state index contributed by atoms with van der Waals surface area (Å²) in [4.78, 5) is 0. The van der Waals surface area contributed by atoms with Crippen molar-refractivity contribution in [2.45, 2.75) is 349 Å². The maximum Gasteiger partial charge on any atom is 0.250 e. The Bertz CT molecular complexity index is 4160. The Kier molecular flexibility index (Phi) is 24.9. The molecule has 12 nitrogen and oxygen atoms in total. The summed E-state index contributed by atoms with van der Waals surface area (Å²) in [5.41, 5.74) is 7.09. The van der Waals surface area contributed by atoms with E-state index < -0.39 is 46.4 Å². The molecule has 0 saturated carbocycles. The molecule has 24 heteroatoms. The van der Waals surface area contributed by atoms with Crippen LogP contribution in [0.2, 0.25) is 0 Å². The SMILES string of the molecule is CC(C)(C)N1C(c2ccccc2)=[N+](C(C)(C)C)[Si]12[P-][Si]1([P-][Si]3([P-]2)N(C(C)(C)C)C(c2ccccc2)=[N+]3C(C)(C)C)N(C(C)(C)C)C(c2ccccc2)=[N+]1C(C)(C)C.CC(C)(C)N1C(c2ccccc2)=[N+](C(C)(C)C)[Si]12[P-][Si]1([P-][Si]3([P-]2)N(C(C)(C)C)C(c2ccccc2)=[N+]3C(C)(C)C)N(C(C)(C)C)C(c2ccccc2)=[N+]1C(C)(C)C.CCCCC. The molecule has 0 atom stereocenters. The van der Waals surface area contributed by atoms with Crippen molar-refractivity contribution in [1.82, 2.24) is 27.4 Å². The van der Waals surface area contributed by atoms with Crippen LogP contribution in [0.25, 0.3) is 0 Å². The van der Waals surface area contributed by atoms with Crippen LogP contribution in [0.1, 0.15) is 316 Å². The summed E-state index contributed by atoms with van der Waals surface area (Å²) in [6.45, 7) is 94.5. The summed E-state index contributed by atoms with van der Waals surface area (Å²) in [5, 5.41) is 0. The highest BCUT2D eigenvalue weighted by atomic mass is 32.0. The van der Waals surface area contributed by atoms with Crippen molar-refractivity contribution in [2.24, 2.45) is 0 Å². The third-order valence-electron chi connectivity index (χ3n) is 22.9. The quantitative estimate of drug-likeness (QED) is 0.112. The number of benzene rings is 6. The highest BCUT2D eigenvalue weighted by molar-refractivity contribution is 8.55. The lowest BCUT2D eigenvalue weighted by molar-refractivity contribution is -0.515. The van der Waals surface area contributed by atoms with Crippen molar-refractivity contribution in [1.29, 1.82) is 0 Å². The number of amidine groups is 6. The predicted octanol–water partition coefficient (Wildman–Crippen LogP) is 24.7. The lowest BCUT2D eigenvalue weighted by Crippen LogP contribution is -2.91. The second-order valence-corrected chi connectivity index (χ2v) is 105. The first-order chi connectivity index (χ1) is 54.5. The summed E-state index contributed by atoms with van der Waals surface area (Å²) in [6, 6.07) is 68.3. The molecule has 8 heterocycles. The summed E-state index contributed by atoms with van der Waals surface area (Å²) in [5.74, 6) is 8.59. The number of rotatable bonds is 8. The van der Waals surface area contributed by atoms with Gasteiger partial charge in [-0.3, -0.25) is 0 Å². The minimum absolute atomic E-state index is 0.0811. The van der Waals surface area contributed by atoms with Crippen LogP contribution in [-0.2, 0) is 0 Å². The average molecular weight is 1810 g/mol. The molecule has 0 radical (unpaired) electrons. The molecule has 6 aromatic carbocycles. The van der Waals surface area contributed by atoms with Crippen LogP contribution < -0.4 is 0 Å². The molecule has 6 spiro atoms. The Morgan fingerprint density at radius 3 is 0.378 bits per heavy atom. The number of unbranched alkanes of at least 4 members (excludes halogenated alkanes) is 2. The van der Waals surface area contributed by atoms with Crippen LogP contribution in [0.5, 0.6) is 0 Å². The van der Waals surface area contributed by atoms with Gasteiger partial charge in [0.05, 0.1) is 99.8 Å². The van der Waals surface area contributed by atoms with Crippen molar-refractivity contribution in [2.75, 3.05) is 0 Å². The molecule has 14 rings (SSSR count). The van der Waals surface area contributed by atoms with Gasteiger partial charge < -0.3 is 98.9 Å². The van der Waals surface area contributed by atoms with Gasteiger partial charge >= 0.3 is 0 Å². The van der Waals surface area contributed by atoms with Gasteiger partial charge in [-0.2, -0.15) is 0 Å². The molecule has 0 N–H and O–H groups in total. The maximum absolute atomic E-state index is 3.06. The van der Waals surface area contributed by atoms with Gasteiger partial charge in [-0.15, -0.1) is 0 Å². The molecule has 8 aliphatic rings. The fourth-order valence-electron chi connectivity index (χ4n) is 19.8. The van der Waals surface area contributed by atoms with Crippen LogP contribution >= 0.6 is 46.1 Å². The van der Waals surface area contributed by atoms with Gasteiger partial charge in [0, 0.05) is 0 Å². The standard InChI is InChI=1S/2C45H69N6P3Si3.C5H12/c2*1-40(2,3)46-37(34-28-22-19-23-29-34)47(41(4,5)6)55(46)52-56(48(42(7,8)9)38(49(56)43(10,11)12)35-30-24-20-25-31-35)54-57(53-55)50(44(13,14)15)39(51(57)45(16,17)18)36-32-26-21-27-33-36;1-3-5-4-2/h2*19-33H,1-18H3;3-5H2,1-2H3. The highest BCUT2D eigenvalue weighted by Gasteiger charge is 2.76. The third kappa shape index (κ3) is 16.1. The zero-order valence-corrected chi connectivity index (χ0v) is 91.9. The van der Waals surface area contributed by atoms with Crippen molar-refractivity contribution in [3.63, 3.8) is 0 Å². The molecular weight excluding hydrogens is 1660 g/mol. The van der Waals surface area contributed by atoms with Crippen LogP contribution in [0.3, 0.4) is 0 Å². The molecule has 6 aromatic rings. The van der Waals surface area contributed by atoms with E-state index in [0.717, 1.165) is 0 Å². The van der Waals surface area contributed by atoms with E-state index in [-0.39, 0.29) is 66.5 Å². The maximum atomic E-state index is 3.06. The second kappa shape index (κ2) is 31.5. The Balaban J connectivity index is 0.000000207. The Labute approximate surface area is 738 Å². The van der Waals surface area contributed by atoms with Crippen molar-refractivity contribution in [3.05, 3.63) is 215 Å². The number of hydrogen-bond donors (Lipinski definition) is 0. The third-order valence-corrected chi connectivity index (χ3v) is 134. The van der Waals surface area contributed by atoms with Crippen molar-refractivity contribution in [3.8, 4) is 0 Å². The lowest BCUT2D eigenvalue weighted by Gasteiger charge is -2.85. The van der Waals surface area contributed by atoms with Crippen molar-refractivity contribution < 1.29 is 25.4 Å². The summed E-state index contributed by atoms with van der Waals surface area (Å²) < 4.78 is 36.7. The minimum Gasteiger partial charge on any atom is -0.404 e. The smallest absolute Gasteiger partial charge is 0.250 e. The van der Waals surface area contributed by atoms with E-state index in [1.807, 2.05) is 0 Å². The first-order valence-corrected chi connectivity index (χ1v) is 70.9. The highest BCUT2D eigenvalue weighted by Crippen LogP contribution is 2.80. The van der Waals surface area contributed by atoms with E-state index >= 15 is 0 Å². The van der Waals surface area contributed by atoms with E-state index in [1.165, 1.54) is 87.7 Å². The van der Waals surface area contributed by atoms with Gasteiger partial charge in [-0.1, -0.05) is 142 Å². The Morgan fingerprint density at radius 1 is 0.193 bits per heavy atom. The van der Waals surface area contributed by atoms with Gasteiger partial charge in [-0.05, 0) is 322 Å². The molecule has 2 saturated heterocycles. The first kappa shape index (κ1) is 94.2. The molecule has 644 valence electrons. The fourth-order valence-corrected chi connectivity index (χ4v) is 222. The topological polar surface area (TPSA) is 37.5 Å². The molecule has 0 unspecified atom stereocenters. The fraction of sp³-hybridized carbons (Fsp3) is 0.558. The Morgan fingerprint density at radius 2 is 0.303 bits per heavy atom. The van der Waals surface area contributed by atoms with Gasteiger partial charge in [0.15, 0.2) is 46.4 Å². The van der Waals surface area contributed by atoms with E-state index in [1.54, 1.807) is 46.1 Å². The van der Waals surface area contributed by atoms with Gasteiger partial charge in [0.2, 0.25) is 0 Å². The van der Waals surface area contributed by atoms with Crippen LogP contribution in [-0.4, -0.2) is 201 Å². The molecule has 2 fully saturated rings. The molecule has 0 aromatic heterocycles. The molecule has 8 aliphatic heterocycles. The molecule has 0 bridgehead atoms. The van der Waals surface area contributed by atoms with Crippen LogP contribution in [0, 0.1) is 0 Å². The van der Waals surface area contributed by atoms with Crippen LogP contribution in [0.15, 0.2) is 182 Å². The molecular formula is C95H150N12P6Si6. The van der Waals surface area contributed by atoms with Gasteiger partial charge in [0.25, 0.3) is 35.0 Å². The summed E-state index contributed by atoms with van der Waals surface area (Å²) >= 11 is 0. The van der Waals surface area contributed by atoms with Crippen LogP contribution in [0.4, 0.5) is 0 Å². The first-order valence-electron chi connectivity index (χ1n) is 44.1. The number of nitrogens with zero attached hydrogens (tertiary/aromatic N) is 12. The predicted molar refractivity (Wildman–Crippen MR) is 534 cm³/mol. The zero-order valence-electron chi connectivity index (χ0n) is 80.5. The van der Waals surface area contributed by atoms with Crippen molar-refractivity contribution >= 4 is 127 Å². The molecule has 0 amide bonds. The van der Waals surface area contributed by atoms with E-state index in [2.05, 4.69) is 498 Å². The molecule has 119 heavy (non-hydrogen) atoms. The summed E-state index contributed by atoms with van der Waals surface area (Å²) in [7, 11) is -5.94. The van der Waals surface area contributed by atoms with E-state index in [9.17, 15) is 0 Å². The summed E-state index contributed by atoms with van der Waals surface area (Å²) in [6.07, 6.45) is 4.08. The molecule has 0 aliphatic carbocycles. The number of hydrogen-bond acceptors (Lipinski definition) is 6. The monoisotopic (exact) mass is 1810 g/mol. The van der Waals surface area contributed by atoms with E-state index in [0.29, 0.717) is 0 Å². The average Bonchev–Trinajstić information content (AvgIpc) is 0.634. The lowest BCUT2D eigenvalue weighted by atomic mass is 10.1. The zero-order chi connectivity index (χ0) is 88.4. The normalized spacial score (nSPS) is 26.6.